The van der Waals surface area contributed by atoms with Gasteiger partial charge in [-0.15, -0.1) is 0 Å². The molecule has 1 N–H and O–H groups in total. The SMILES string of the molecule is CCOC(=O)C(O)CCC1CCN(C(=O)OCc2ccccc2)CC1. The molecular formula is C19H27NO5. The summed E-state index contributed by atoms with van der Waals surface area (Å²) >= 11 is 0. The van der Waals surface area contributed by atoms with Crippen molar-refractivity contribution in [2.45, 2.75) is 45.3 Å². The Hall–Kier alpha value is -2.08. The largest absolute Gasteiger partial charge is 0.464 e. The van der Waals surface area contributed by atoms with Gasteiger partial charge in [-0.1, -0.05) is 30.3 Å². The van der Waals surface area contributed by atoms with Crippen molar-refractivity contribution >= 4 is 12.1 Å². The second-order valence-corrected chi connectivity index (χ2v) is 6.32. The highest BCUT2D eigenvalue weighted by molar-refractivity contribution is 5.74. The van der Waals surface area contributed by atoms with Gasteiger partial charge >= 0.3 is 12.1 Å². The molecule has 0 aliphatic carbocycles. The summed E-state index contributed by atoms with van der Waals surface area (Å²) in [6.45, 7) is 3.57. The van der Waals surface area contributed by atoms with E-state index in [0.29, 0.717) is 25.4 Å². The minimum atomic E-state index is -1.05. The number of amides is 1. The van der Waals surface area contributed by atoms with Crippen molar-refractivity contribution < 1.29 is 24.2 Å². The molecule has 138 valence electrons. The molecule has 6 heteroatoms. The molecule has 1 aliphatic heterocycles. The lowest BCUT2D eigenvalue weighted by Gasteiger charge is -2.31. The molecule has 25 heavy (non-hydrogen) atoms. The smallest absolute Gasteiger partial charge is 0.410 e. The van der Waals surface area contributed by atoms with Crippen LogP contribution in [0.3, 0.4) is 0 Å². The molecule has 1 heterocycles. The standard InChI is InChI=1S/C19H27NO5/c1-2-24-18(22)17(21)9-8-15-10-12-20(13-11-15)19(23)25-14-16-6-4-3-5-7-16/h3-7,15,17,21H,2,8-14H2,1H3. The van der Waals surface area contributed by atoms with E-state index in [1.807, 2.05) is 30.3 Å². The highest BCUT2D eigenvalue weighted by Crippen LogP contribution is 2.23. The van der Waals surface area contributed by atoms with Gasteiger partial charge in [-0.05, 0) is 44.1 Å². The molecule has 1 fully saturated rings. The number of hydrogen-bond acceptors (Lipinski definition) is 5. The van der Waals surface area contributed by atoms with Crippen molar-refractivity contribution in [1.29, 1.82) is 0 Å². The van der Waals surface area contributed by atoms with Crippen LogP contribution >= 0.6 is 0 Å². The van der Waals surface area contributed by atoms with Gasteiger partial charge in [0.2, 0.25) is 0 Å². The fourth-order valence-electron chi connectivity index (χ4n) is 2.96. The number of esters is 1. The molecule has 1 saturated heterocycles. The Kier molecular flexibility index (Phi) is 7.73. The van der Waals surface area contributed by atoms with Crippen molar-refractivity contribution in [3.8, 4) is 0 Å². The molecule has 0 aromatic heterocycles. The molecule has 6 nitrogen and oxygen atoms in total. The number of nitrogens with zero attached hydrogens (tertiary/aromatic N) is 1. The summed E-state index contributed by atoms with van der Waals surface area (Å²) in [5.41, 5.74) is 0.971. The molecule has 1 aromatic carbocycles. The van der Waals surface area contributed by atoms with E-state index in [-0.39, 0.29) is 19.3 Å². The van der Waals surface area contributed by atoms with Crippen molar-refractivity contribution in [2.24, 2.45) is 5.92 Å². The summed E-state index contributed by atoms with van der Waals surface area (Å²) in [5.74, 6) is -0.147. The minimum Gasteiger partial charge on any atom is -0.464 e. The van der Waals surface area contributed by atoms with Crippen LogP contribution in [0.2, 0.25) is 0 Å². The second-order valence-electron chi connectivity index (χ2n) is 6.32. The third-order valence-corrected chi connectivity index (χ3v) is 4.48. The molecule has 1 aromatic rings. The van der Waals surface area contributed by atoms with E-state index in [1.54, 1.807) is 11.8 Å². The average molecular weight is 349 g/mol. The monoisotopic (exact) mass is 349 g/mol. The quantitative estimate of drug-likeness (QED) is 0.766. The van der Waals surface area contributed by atoms with E-state index in [4.69, 9.17) is 9.47 Å². The van der Waals surface area contributed by atoms with Gasteiger partial charge in [0.15, 0.2) is 6.10 Å². The summed E-state index contributed by atoms with van der Waals surface area (Å²) in [6.07, 6.45) is 1.54. The van der Waals surface area contributed by atoms with Crippen LogP contribution in [0.4, 0.5) is 4.79 Å². The Morgan fingerprint density at radius 1 is 1.20 bits per heavy atom. The molecule has 0 radical (unpaired) electrons. The first-order valence-corrected chi connectivity index (χ1v) is 8.90. The van der Waals surface area contributed by atoms with Gasteiger partial charge in [0, 0.05) is 13.1 Å². The maximum Gasteiger partial charge on any atom is 0.410 e. The Balaban J connectivity index is 1.65. The third-order valence-electron chi connectivity index (χ3n) is 4.48. The van der Waals surface area contributed by atoms with Crippen molar-refractivity contribution in [3.05, 3.63) is 35.9 Å². The maximum absolute atomic E-state index is 12.1. The number of carbonyl (C=O) groups excluding carboxylic acids is 2. The molecule has 1 atom stereocenters. The van der Waals surface area contributed by atoms with Gasteiger partial charge in [0.05, 0.1) is 6.61 Å². The zero-order valence-electron chi connectivity index (χ0n) is 14.7. The van der Waals surface area contributed by atoms with Crippen LogP contribution in [0.25, 0.3) is 0 Å². The Labute approximate surface area is 148 Å². The molecule has 0 saturated carbocycles. The van der Waals surface area contributed by atoms with Crippen LogP contribution in [0.15, 0.2) is 30.3 Å². The number of rotatable bonds is 7. The lowest BCUT2D eigenvalue weighted by molar-refractivity contribution is -0.153. The number of carbonyl (C=O) groups is 2. The normalized spacial score (nSPS) is 16.3. The Bertz CT molecular complexity index is 540. The Morgan fingerprint density at radius 3 is 2.52 bits per heavy atom. The zero-order chi connectivity index (χ0) is 18.1. The number of aliphatic hydroxyl groups excluding tert-OH is 1. The predicted octanol–water partition coefficient (Wildman–Crippen LogP) is 2.74. The number of piperidine rings is 1. The van der Waals surface area contributed by atoms with E-state index in [0.717, 1.165) is 24.8 Å². The molecule has 0 bridgehead atoms. The first kappa shape index (κ1) is 19.2. The van der Waals surface area contributed by atoms with Crippen LogP contribution in [0.1, 0.15) is 38.2 Å². The Morgan fingerprint density at radius 2 is 1.88 bits per heavy atom. The first-order chi connectivity index (χ1) is 12.1. The second kappa shape index (κ2) is 10.0. The summed E-state index contributed by atoms with van der Waals surface area (Å²) in [6, 6.07) is 9.61. The molecule has 0 spiro atoms. The van der Waals surface area contributed by atoms with Crippen LogP contribution in [0, 0.1) is 5.92 Å². The lowest BCUT2D eigenvalue weighted by atomic mass is 9.91. The fourth-order valence-corrected chi connectivity index (χ4v) is 2.96. The van der Waals surface area contributed by atoms with E-state index < -0.39 is 12.1 Å². The van der Waals surface area contributed by atoms with E-state index in [1.165, 1.54) is 0 Å². The van der Waals surface area contributed by atoms with Crippen LogP contribution in [-0.2, 0) is 20.9 Å². The van der Waals surface area contributed by atoms with Crippen molar-refractivity contribution in [3.63, 3.8) is 0 Å². The van der Waals surface area contributed by atoms with E-state index in [9.17, 15) is 14.7 Å². The maximum atomic E-state index is 12.1. The van der Waals surface area contributed by atoms with Gasteiger partial charge in [0.25, 0.3) is 0 Å². The van der Waals surface area contributed by atoms with Gasteiger partial charge in [-0.25, -0.2) is 9.59 Å². The molecule has 1 unspecified atom stereocenters. The van der Waals surface area contributed by atoms with Gasteiger partial charge in [-0.2, -0.15) is 0 Å². The average Bonchev–Trinajstić information content (AvgIpc) is 2.65. The summed E-state index contributed by atoms with van der Waals surface area (Å²) in [5, 5.41) is 9.74. The summed E-state index contributed by atoms with van der Waals surface area (Å²) in [4.78, 5) is 25.2. The number of aliphatic hydroxyl groups is 1. The molecular weight excluding hydrogens is 322 g/mol. The topological polar surface area (TPSA) is 76.1 Å². The number of benzene rings is 1. The summed E-state index contributed by atoms with van der Waals surface area (Å²) < 4.78 is 10.1. The molecule has 1 amide bonds. The van der Waals surface area contributed by atoms with Crippen molar-refractivity contribution in [1.82, 2.24) is 4.90 Å². The van der Waals surface area contributed by atoms with Crippen LogP contribution in [-0.4, -0.2) is 47.9 Å². The van der Waals surface area contributed by atoms with Crippen LogP contribution < -0.4 is 0 Å². The predicted molar refractivity (Wildman–Crippen MR) is 92.8 cm³/mol. The van der Waals surface area contributed by atoms with Crippen LogP contribution in [0.5, 0.6) is 0 Å². The van der Waals surface area contributed by atoms with Gasteiger partial charge < -0.3 is 19.5 Å². The molecule has 2 rings (SSSR count). The first-order valence-electron chi connectivity index (χ1n) is 8.90. The number of hydrogen-bond donors (Lipinski definition) is 1. The highest BCUT2D eigenvalue weighted by atomic mass is 16.6. The minimum absolute atomic E-state index is 0.277. The van der Waals surface area contributed by atoms with E-state index >= 15 is 0 Å². The van der Waals surface area contributed by atoms with Gasteiger partial charge in [-0.3, -0.25) is 0 Å². The highest BCUT2D eigenvalue weighted by Gasteiger charge is 2.25. The summed E-state index contributed by atoms with van der Waals surface area (Å²) in [7, 11) is 0. The van der Waals surface area contributed by atoms with Gasteiger partial charge in [0.1, 0.15) is 6.61 Å². The fraction of sp³-hybridized carbons (Fsp3) is 0.579. The molecule has 1 aliphatic rings. The number of likely N-dealkylation sites (tertiary alicyclic amines) is 1. The lowest BCUT2D eigenvalue weighted by Crippen LogP contribution is -2.39. The third kappa shape index (κ3) is 6.38. The number of ether oxygens (including phenoxy) is 2. The van der Waals surface area contributed by atoms with E-state index in [2.05, 4.69) is 0 Å². The van der Waals surface area contributed by atoms with Crippen molar-refractivity contribution in [2.75, 3.05) is 19.7 Å². The zero-order valence-corrected chi connectivity index (χ0v) is 14.7.